The highest BCUT2D eigenvalue weighted by atomic mass is 32.1. The van der Waals surface area contributed by atoms with Crippen LogP contribution >= 0.6 is 11.3 Å². The molecular weight excluding hydrogens is 200 g/mol. The van der Waals surface area contributed by atoms with Gasteiger partial charge in [-0.05, 0) is 24.2 Å². The topological polar surface area (TPSA) is 0 Å². The lowest BCUT2D eigenvalue weighted by Crippen LogP contribution is -1.85. The largest absolute Gasteiger partial charge is 0.148 e. The van der Waals surface area contributed by atoms with E-state index >= 15 is 0 Å². The number of hydrogen-bond acceptors (Lipinski definition) is 0. The first-order valence-electron chi connectivity index (χ1n) is 6.34. The monoisotopic (exact) mass is 225 g/mol. The molecule has 0 saturated heterocycles. The molecule has 0 radical (unpaired) electrons. The molecule has 0 unspecified atom stereocenters. The van der Waals surface area contributed by atoms with Gasteiger partial charge in [0.15, 0.2) is 0 Å². The lowest BCUT2D eigenvalue weighted by molar-refractivity contribution is 0.607. The molecule has 0 N–H and O–H groups in total. The molecule has 0 atom stereocenters. The summed E-state index contributed by atoms with van der Waals surface area (Å²) in [5.74, 6) is 0. The fourth-order valence-electron chi connectivity index (χ4n) is 2.07. The van der Waals surface area contributed by atoms with E-state index in [2.05, 4.69) is 26.8 Å². The third-order valence-electron chi connectivity index (χ3n) is 2.99. The first kappa shape index (κ1) is 12.8. The zero-order chi connectivity index (χ0) is 11.1. The van der Waals surface area contributed by atoms with E-state index in [0.717, 1.165) is 0 Å². The van der Waals surface area contributed by atoms with E-state index in [1.54, 1.807) is 10.4 Å². The van der Waals surface area contributed by atoms with Gasteiger partial charge in [0.2, 0.25) is 0 Å². The summed E-state index contributed by atoms with van der Waals surface area (Å²) in [5, 5.41) is 0. The molecule has 86 valence electrons. The van der Waals surface area contributed by atoms with Crippen molar-refractivity contribution in [2.24, 2.45) is 0 Å². The Labute approximate surface area is 98.7 Å². The summed E-state index contributed by atoms with van der Waals surface area (Å²) < 4.78 is 0. The Bertz CT molecular complexity index is 273. The quantitative estimate of drug-likeness (QED) is 0.452. The summed E-state index contributed by atoms with van der Waals surface area (Å²) in [7, 11) is 0. The summed E-state index contributed by atoms with van der Waals surface area (Å²) in [4.78, 5) is 3.11. The lowest BCUT2D eigenvalue weighted by Gasteiger charge is -1.99. The van der Waals surface area contributed by atoms with Crippen LogP contribution in [0.25, 0.3) is 0 Å². The Kier molecular flexibility index (Phi) is 6.00. The van der Waals surface area contributed by atoms with Crippen LogP contribution in [-0.2, 0) is 6.42 Å². The Morgan fingerprint density at radius 2 is 1.67 bits per heavy atom. The van der Waals surface area contributed by atoms with Gasteiger partial charge in [-0.3, -0.25) is 0 Å². The zero-order valence-corrected chi connectivity index (χ0v) is 11.4. The van der Waals surface area contributed by atoms with E-state index in [9.17, 15) is 0 Å². The molecule has 0 saturated carbocycles. The summed E-state index contributed by atoms with van der Waals surface area (Å²) >= 11 is 1.47. The van der Waals surface area contributed by atoms with Crippen molar-refractivity contribution in [3.8, 4) is 0 Å². The van der Waals surface area contributed by atoms with Gasteiger partial charge in [0.05, 0.1) is 0 Å². The predicted octanol–water partition coefficient (Wildman–Crippen LogP) is 5.00. The van der Waals surface area contributed by atoms with E-state index in [-0.39, 0.29) is 0 Å². The van der Waals surface area contributed by atoms with Crippen LogP contribution in [0.1, 0.15) is 60.8 Å². The third kappa shape index (κ3) is 4.83. The minimum atomic E-state index is 1.31. The molecule has 0 fully saturated rings. The van der Waals surface area contributed by atoms with E-state index < -0.39 is 0 Å². The highest BCUT2D eigenvalue weighted by Gasteiger charge is 2.08. The molecule has 0 aliphatic rings. The molecule has 0 aromatic carbocycles. The Balaban J connectivity index is 2.12. The molecule has 0 bridgehead atoms. The van der Waals surface area contributed by atoms with Gasteiger partial charge >= 0.3 is 0 Å². The smallest absolute Gasteiger partial charge is 0.0654 e. The standard InChI is InChI=1S/C14H24S/c1-4-5-6-7-8-9-10-14-11-12(2)15-13(14)3/h11H,4-10H2,1-3H3/p+1. The van der Waals surface area contributed by atoms with Crippen molar-refractivity contribution in [2.45, 2.75) is 65.7 Å². The van der Waals surface area contributed by atoms with Gasteiger partial charge in [-0.2, -0.15) is 0 Å². The predicted molar refractivity (Wildman–Crippen MR) is 72.3 cm³/mol. The summed E-state index contributed by atoms with van der Waals surface area (Å²) in [6, 6.07) is 2.39. The van der Waals surface area contributed by atoms with Crippen LogP contribution in [0.2, 0.25) is 0 Å². The van der Waals surface area contributed by atoms with Crippen LogP contribution in [0, 0.1) is 13.8 Å². The Morgan fingerprint density at radius 1 is 1.00 bits per heavy atom. The minimum absolute atomic E-state index is 1.31. The third-order valence-corrected chi connectivity index (χ3v) is 4.10. The molecule has 0 aliphatic carbocycles. The van der Waals surface area contributed by atoms with Gasteiger partial charge in [0, 0.05) is 25.5 Å². The molecule has 1 aromatic rings. The molecule has 1 heteroatoms. The maximum absolute atomic E-state index is 2.39. The van der Waals surface area contributed by atoms with Crippen LogP contribution in [0.4, 0.5) is 0 Å². The van der Waals surface area contributed by atoms with Gasteiger partial charge in [-0.25, -0.2) is 0 Å². The fourth-order valence-corrected chi connectivity index (χ4v) is 3.14. The van der Waals surface area contributed by atoms with Crippen LogP contribution in [0.3, 0.4) is 0 Å². The molecule has 1 aromatic heterocycles. The van der Waals surface area contributed by atoms with Crippen molar-refractivity contribution in [1.82, 2.24) is 0 Å². The van der Waals surface area contributed by atoms with Crippen molar-refractivity contribution in [3.63, 3.8) is 0 Å². The second-order valence-electron chi connectivity index (χ2n) is 4.53. The molecule has 1 heterocycles. The molecule has 1 rings (SSSR count). The van der Waals surface area contributed by atoms with E-state index in [0.29, 0.717) is 0 Å². The summed E-state index contributed by atoms with van der Waals surface area (Å²) in [6.45, 7) is 6.79. The van der Waals surface area contributed by atoms with Gasteiger partial charge in [-0.15, -0.1) is 0 Å². The van der Waals surface area contributed by atoms with Crippen molar-refractivity contribution in [3.05, 3.63) is 21.4 Å². The first-order chi connectivity index (χ1) is 7.24. The van der Waals surface area contributed by atoms with Crippen LogP contribution in [0.5, 0.6) is 0 Å². The second kappa shape index (κ2) is 7.05. The van der Waals surface area contributed by atoms with E-state index in [1.165, 1.54) is 61.2 Å². The lowest BCUT2D eigenvalue weighted by atomic mass is 10.1. The molecule has 0 amide bonds. The van der Waals surface area contributed by atoms with Crippen LogP contribution in [-0.4, -0.2) is 0 Å². The normalized spacial score (nSPS) is 10.9. The second-order valence-corrected chi connectivity index (χ2v) is 6.13. The molecule has 0 spiro atoms. The molecule has 0 aliphatic heterocycles. The highest BCUT2D eigenvalue weighted by Crippen LogP contribution is 2.22. The van der Waals surface area contributed by atoms with Gasteiger partial charge in [0.25, 0.3) is 0 Å². The fraction of sp³-hybridized carbons (Fsp3) is 0.714. The van der Waals surface area contributed by atoms with Gasteiger partial charge in [-0.1, -0.05) is 39.0 Å². The summed E-state index contributed by atoms with van der Waals surface area (Å²) in [5.41, 5.74) is 1.62. The van der Waals surface area contributed by atoms with E-state index in [1.807, 2.05) is 0 Å². The molecule has 0 nitrogen and oxygen atoms in total. The number of thiophene rings is 1. The maximum Gasteiger partial charge on any atom is 0.148 e. The summed E-state index contributed by atoms with van der Waals surface area (Å²) in [6.07, 6.45) is 9.74. The van der Waals surface area contributed by atoms with Gasteiger partial charge < -0.3 is 0 Å². The Morgan fingerprint density at radius 3 is 2.27 bits per heavy atom. The van der Waals surface area contributed by atoms with Crippen molar-refractivity contribution >= 4 is 11.3 Å². The Hall–Kier alpha value is -0.300. The number of rotatable bonds is 7. The maximum atomic E-state index is 2.39. The minimum Gasteiger partial charge on any atom is -0.0654 e. The van der Waals surface area contributed by atoms with Crippen molar-refractivity contribution < 1.29 is 0 Å². The SMILES string of the molecule is CCCCCCCCc1cc(C)[sH+]c1C. The van der Waals surface area contributed by atoms with Crippen molar-refractivity contribution in [1.29, 1.82) is 0 Å². The average molecular weight is 225 g/mol. The molecule has 15 heavy (non-hydrogen) atoms. The van der Waals surface area contributed by atoms with Crippen molar-refractivity contribution in [2.75, 3.05) is 0 Å². The number of unbranched alkanes of at least 4 members (excludes halogenated alkanes) is 5. The first-order valence-corrected chi connectivity index (χ1v) is 7.23. The highest BCUT2D eigenvalue weighted by molar-refractivity contribution is 7.12. The van der Waals surface area contributed by atoms with Gasteiger partial charge in [0.1, 0.15) is 9.75 Å². The average Bonchev–Trinajstić information content (AvgIpc) is 2.51. The molecular formula is C14H25S+. The van der Waals surface area contributed by atoms with Crippen LogP contribution < -0.4 is 0 Å². The zero-order valence-electron chi connectivity index (χ0n) is 10.5. The van der Waals surface area contributed by atoms with E-state index in [4.69, 9.17) is 0 Å². The number of hydrogen-bond donors (Lipinski definition) is 0. The number of aryl methyl sites for hydroxylation is 3. The van der Waals surface area contributed by atoms with Crippen LogP contribution in [0.15, 0.2) is 6.07 Å².